The zero-order chi connectivity index (χ0) is 23.2. The average molecular weight is 445 g/mol. The monoisotopic (exact) mass is 444 g/mol. The van der Waals surface area contributed by atoms with E-state index in [0.29, 0.717) is 30.6 Å². The highest BCUT2D eigenvalue weighted by atomic mass is 19.1. The molecule has 4 N–H and O–H groups in total. The number of nitriles is 1. The lowest BCUT2D eigenvalue weighted by molar-refractivity contribution is -0.136. The van der Waals surface area contributed by atoms with Gasteiger partial charge in [-0.15, -0.1) is 0 Å². The summed E-state index contributed by atoms with van der Waals surface area (Å²) in [6.07, 6.45) is 0.0842. The Balaban J connectivity index is 1.52. The Morgan fingerprint density at radius 2 is 1.88 bits per heavy atom. The zero-order valence-corrected chi connectivity index (χ0v) is 18.0. The van der Waals surface area contributed by atoms with Crippen molar-refractivity contribution < 1.29 is 14.3 Å². The Kier molecular flexibility index (Phi) is 6.86. The van der Waals surface area contributed by atoms with Gasteiger partial charge in [-0.05, 0) is 41.8 Å². The lowest BCUT2D eigenvalue weighted by Gasteiger charge is -2.35. The van der Waals surface area contributed by atoms with Crippen LogP contribution in [-0.4, -0.2) is 30.2 Å². The van der Waals surface area contributed by atoms with Gasteiger partial charge in [-0.25, -0.2) is 4.39 Å². The summed E-state index contributed by atoms with van der Waals surface area (Å²) in [5.74, 6) is -1.51. The molecule has 0 aliphatic carbocycles. The van der Waals surface area contributed by atoms with E-state index in [-0.39, 0.29) is 24.1 Å². The summed E-state index contributed by atoms with van der Waals surface area (Å²) in [4.78, 5) is 11.0. The first-order valence-electron chi connectivity index (χ1n) is 10.9. The number of rotatable bonds is 8. The quantitative estimate of drug-likeness (QED) is 0.418. The summed E-state index contributed by atoms with van der Waals surface area (Å²) in [7, 11) is 0. The van der Waals surface area contributed by atoms with Gasteiger partial charge < -0.3 is 21.1 Å². The number of fused-ring (bicyclic) bond motifs is 1. The van der Waals surface area contributed by atoms with E-state index in [4.69, 9.17) is 5.11 Å². The Labute approximate surface area is 192 Å². The number of halogens is 1. The summed E-state index contributed by atoms with van der Waals surface area (Å²) < 4.78 is 14.7. The number of aliphatic carboxylic acids is 1. The highest BCUT2D eigenvalue weighted by Gasteiger charge is 2.28. The van der Waals surface area contributed by atoms with Gasteiger partial charge in [-0.1, -0.05) is 54.6 Å². The SMILES string of the molecule is N#Cc1cccc2c1N[C@@H]([C@H](NCCc1cccc(CC(=O)O)c1F)c1ccccc1)CN2. The average Bonchev–Trinajstić information content (AvgIpc) is 2.83. The molecule has 1 aliphatic heterocycles. The topological polar surface area (TPSA) is 97.2 Å². The number of carbonyl (C=O) groups is 1. The first kappa shape index (κ1) is 22.3. The second-order valence-electron chi connectivity index (χ2n) is 8.02. The molecule has 0 fully saturated rings. The van der Waals surface area contributed by atoms with E-state index in [1.165, 1.54) is 6.07 Å². The molecule has 0 aromatic heterocycles. The molecule has 3 aromatic carbocycles. The maximum atomic E-state index is 14.7. The Morgan fingerprint density at radius 1 is 1.12 bits per heavy atom. The van der Waals surface area contributed by atoms with Gasteiger partial charge in [-0.2, -0.15) is 5.26 Å². The molecule has 1 heterocycles. The molecule has 4 rings (SSSR count). The number of para-hydroxylation sites is 1. The smallest absolute Gasteiger partial charge is 0.307 e. The van der Waals surface area contributed by atoms with Gasteiger partial charge in [0.25, 0.3) is 0 Å². The molecule has 0 saturated carbocycles. The number of nitrogens with one attached hydrogen (secondary N) is 3. The van der Waals surface area contributed by atoms with Gasteiger partial charge in [-0.3, -0.25) is 4.79 Å². The van der Waals surface area contributed by atoms with Crippen molar-refractivity contribution in [3.8, 4) is 6.07 Å². The fourth-order valence-electron chi connectivity index (χ4n) is 4.25. The van der Waals surface area contributed by atoms with Crippen molar-refractivity contribution in [3.63, 3.8) is 0 Å². The van der Waals surface area contributed by atoms with Crippen molar-refractivity contribution in [3.05, 3.63) is 94.8 Å². The Hall–Kier alpha value is -3.89. The minimum absolute atomic E-state index is 0.0439. The first-order valence-corrected chi connectivity index (χ1v) is 10.9. The highest BCUT2D eigenvalue weighted by molar-refractivity contribution is 5.77. The van der Waals surface area contributed by atoms with Crippen molar-refractivity contribution in [2.45, 2.75) is 24.9 Å². The summed E-state index contributed by atoms with van der Waals surface area (Å²) >= 11 is 0. The van der Waals surface area contributed by atoms with Crippen LogP contribution in [0.4, 0.5) is 15.8 Å². The fourth-order valence-corrected chi connectivity index (χ4v) is 4.25. The lowest BCUT2D eigenvalue weighted by atomic mass is 9.95. The van der Waals surface area contributed by atoms with E-state index >= 15 is 0 Å². The molecule has 33 heavy (non-hydrogen) atoms. The minimum atomic E-state index is -1.05. The van der Waals surface area contributed by atoms with Crippen LogP contribution in [0.2, 0.25) is 0 Å². The van der Waals surface area contributed by atoms with Gasteiger partial charge in [0.05, 0.1) is 35.4 Å². The van der Waals surface area contributed by atoms with Crippen LogP contribution in [0, 0.1) is 17.1 Å². The van der Waals surface area contributed by atoms with Gasteiger partial charge in [0.2, 0.25) is 0 Å². The van der Waals surface area contributed by atoms with Crippen LogP contribution in [0.3, 0.4) is 0 Å². The predicted molar refractivity (Wildman–Crippen MR) is 126 cm³/mol. The summed E-state index contributed by atoms with van der Waals surface area (Å²) in [6, 6.07) is 22.6. The molecule has 168 valence electrons. The lowest BCUT2D eigenvalue weighted by Crippen LogP contribution is -2.44. The summed E-state index contributed by atoms with van der Waals surface area (Å²) in [5.41, 5.74) is 4.02. The molecule has 6 nitrogen and oxygen atoms in total. The van der Waals surface area contributed by atoms with E-state index in [9.17, 15) is 14.4 Å². The van der Waals surface area contributed by atoms with Gasteiger partial charge in [0, 0.05) is 6.54 Å². The molecule has 0 radical (unpaired) electrons. The van der Waals surface area contributed by atoms with E-state index < -0.39 is 11.8 Å². The number of anilines is 2. The standard InChI is InChI=1S/C26H25FN4O2/c27-24-17(8-4-9-19(24)14-23(32)33)12-13-29-25(18-6-2-1-3-7-18)22-16-30-21-11-5-10-20(15-28)26(21)31-22/h1-11,22,25,29-31H,12-14,16H2,(H,32,33)/t22-,25-/m1/s1. The van der Waals surface area contributed by atoms with Crippen LogP contribution < -0.4 is 16.0 Å². The normalized spacial score (nSPS) is 15.5. The van der Waals surface area contributed by atoms with Gasteiger partial charge in [0.15, 0.2) is 0 Å². The summed E-state index contributed by atoms with van der Waals surface area (Å²) in [6.45, 7) is 1.15. The van der Waals surface area contributed by atoms with Crippen LogP contribution in [0.1, 0.15) is 28.3 Å². The molecule has 0 bridgehead atoms. The Morgan fingerprint density at radius 3 is 2.64 bits per heavy atom. The second kappa shape index (κ2) is 10.2. The van der Waals surface area contributed by atoms with Crippen LogP contribution >= 0.6 is 0 Å². The van der Waals surface area contributed by atoms with E-state index in [1.54, 1.807) is 18.2 Å². The highest BCUT2D eigenvalue weighted by Crippen LogP contribution is 2.33. The van der Waals surface area contributed by atoms with Crippen LogP contribution in [-0.2, 0) is 17.6 Å². The molecule has 0 unspecified atom stereocenters. The third kappa shape index (κ3) is 5.13. The zero-order valence-electron chi connectivity index (χ0n) is 18.0. The third-order valence-electron chi connectivity index (χ3n) is 5.85. The second-order valence-corrected chi connectivity index (χ2v) is 8.02. The first-order chi connectivity index (χ1) is 16.1. The molecular formula is C26H25FN4O2. The fraction of sp³-hybridized carbons (Fsp3) is 0.231. The third-order valence-corrected chi connectivity index (χ3v) is 5.85. The van der Waals surface area contributed by atoms with Gasteiger partial charge in [0.1, 0.15) is 11.9 Å². The number of benzene rings is 3. The summed E-state index contributed by atoms with van der Waals surface area (Å²) in [5, 5.41) is 29.0. The molecule has 0 saturated heterocycles. The van der Waals surface area contributed by atoms with E-state index in [1.807, 2.05) is 42.5 Å². The molecular weight excluding hydrogens is 419 g/mol. The van der Waals surface area contributed by atoms with Crippen molar-refractivity contribution in [2.75, 3.05) is 23.7 Å². The predicted octanol–water partition coefficient (Wildman–Crippen LogP) is 4.10. The molecule has 1 aliphatic rings. The van der Waals surface area contributed by atoms with Crippen LogP contribution in [0.25, 0.3) is 0 Å². The van der Waals surface area contributed by atoms with Crippen LogP contribution in [0.15, 0.2) is 66.7 Å². The number of hydrogen-bond donors (Lipinski definition) is 4. The van der Waals surface area contributed by atoms with Crippen molar-refractivity contribution in [1.82, 2.24) is 5.32 Å². The van der Waals surface area contributed by atoms with Crippen molar-refractivity contribution >= 4 is 17.3 Å². The van der Waals surface area contributed by atoms with Crippen molar-refractivity contribution in [1.29, 1.82) is 5.26 Å². The van der Waals surface area contributed by atoms with Crippen molar-refractivity contribution in [2.24, 2.45) is 0 Å². The Bertz CT molecular complexity index is 1180. The number of hydrogen-bond acceptors (Lipinski definition) is 5. The number of carboxylic acid groups (broad SMARTS) is 1. The molecule has 0 amide bonds. The molecule has 7 heteroatoms. The number of nitrogens with zero attached hydrogens (tertiary/aromatic N) is 1. The molecule has 3 aromatic rings. The minimum Gasteiger partial charge on any atom is -0.481 e. The maximum Gasteiger partial charge on any atom is 0.307 e. The van der Waals surface area contributed by atoms with E-state index in [0.717, 1.165) is 16.9 Å². The van der Waals surface area contributed by atoms with E-state index in [2.05, 4.69) is 22.0 Å². The molecule has 0 spiro atoms. The maximum absolute atomic E-state index is 14.7. The van der Waals surface area contributed by atoms with Gasteiger partial charge >= 0.3 is 5.97 Å². The van der Waals surface area contributed by atoms with Crippen LogP contribution in [0.5, 0.6) is 0 Å². The largest absolute Gasteiger partial charge is 0.481 e. The molecule has 2 atom stereocenters. The number of carboxylic acids is 1.